The maximum atomic E-state index is 12.6. The Balaban J connectivity index is 2.99. The number of amides is 2. The highest BCUT2D eigenvalue weighted by molar-refractivity contribution is 6.00. The Hall–Kier alpha value is -2.51. The van der Waals surface area contributed by atoms with Gasteiger partial charge in [0, 0.05) is 6.54 Å². The van der Waals surface area contributed by atoms with Crippen LogP contribution in [0.2, 0.25) is 0 Å². The van der Waals surface area contributed by atoms with Crippen LogP contribution in [-0.2, 0) is 6.18 Å². The second-order valence-electron chi connectivity index (χ2n) is 4.02. The molecule has 1 aromatic rings. The van der Waals surface area contributed by atoms with E-state index in [4.69, 9.17) is 5.11 Å². The SMILES string of the molecule is C=CCCNC(=O)Nc1cc(C(F)(F)F)ccc1C(=O)O. The van der Waals surface area contributed by atoms with Gasteiger partial charge in [-0.25, -0.2) is 9.59 Å². The van der Waals surface area contributed by atoms with Gasteiger partial charge in [0.15, 0.2) is 0 Å². The number of halogens is 3. The van der Waals surface area contributed by atoms with E-state index in [1.807, 2.05) is 0 Å². The lowest BCUT2D eigenvalue weighted by atomic mass is 10.1. The lowest BCUT2D eigenvalue weighted by Crippen LogP contribution is -2.30. The molecule has 8 heteroatoms. The second kappa shape index (κ2) is 6.78. The third-order valence-corrected chi connectivity index (χ3v) is 2.46. The minimum Gasteiger partial charge on any atom is -0.478 e. The molecule has 0 aliphatic rings. The maximum absolute atomic E-state index is 12.6. The molecule has 0 atom stereocenters. The standard InChI is InChI=1S/C13H13F3N2O3/c1-2-3-6-17-12(21)18-10-7-8(13(14,15)16)4-5-9(10)11(19)20/h2,4-5,7H,1,3,6H2,(H,19,20)(H2,17,18,21). The van der Waals surface area contributed by atoms with Gasteiger partial charge in [-0.15, -0.1) is 6.58 Å². The molecule has 0 fully saturated rings. The Morgan fingerprint density at radius 1 is 1.33 bits per heavy atom. The van der Waals surface area contributed by atoms with Crippen molar-refractivity contribution in [3.63, 3.8) is 0 Å². The zero-order valence-electron chi connectivity index (χ0n) is 10.8. The second-order valence-corrected chi connectivity index (χ2v) is 4.02. The lowest BCUT2D eigenvalue weighted by Gasteiger charge is -2.13. The minimum atomic E-state index is -4.63. The van der Waals surface area contributed by atoms with E-state index in [0.717, 1.165) is 6.07 Å². The summed E-state index contributed by atoms with van der Waals surface area (Å²) in [4.78, 5) is 22.5. The molecule has 0 saturated carbocycles. The van der Waals surface area contributed by atoms with E-state index in [-0.39, 0.29) is 6.54 Å². The summed E-state index contributed by atoms with van der Waals surface area (Å²) in [7, 11) is 0. The van der Waals surface area contributed by atoms with Crippen molar-refractivity contribution in [2.75, 3.05) is 11.9 Å². The number of hydrogen-bond donors (Lipinski definition) is 3. The van der Waals surface area contributed by atoms with Crippen molar-refractivity contribution in [3.05, 3.63) is 42.0 Å². The van der Waals surface area contributed by atoms with Crippen LogP contribution in [0.4, 0.5) is 23.7 Å². The molecule has 3 N–H and O–H groups in total. The Morgan fingerprint density at radius 3 is 2.52 bits per heavy atom. The quantitative estimate of drug-likeness (QED) is 0.577. The third-order valence-electron chi connectivity index (χ3n) is 2.46. The number of carbonyl (C=O) groups excluding carboxylic acids is 1. The molecule has 21 heavy (non-hydrogen) atoms. The Labute approximate surface area is 118 Å². The highest BCUT2D eigenvalue weighted by Crippen LogP contribution is 2.32. The molecule has 0 bridgehead atoms. The Kier molecular flexibility index (Phi) is 5.34. The van der Waals surface area contributed by atoms with Crippen molar-refractivity contribution in [1.29, 1.82) is 0 Å². The summed E-state index contributed by atoms with van der Waals surface area (Å²) < 4.78 is 37.8. The summed E-state index contributed by atoms with van der Waals surface area (Å²) in [5, 5.41) is 13.4. The average molecular weight is 302 g/mol. The van der Waals surface area contributed by atoms with Crippen LogP contribution in [0.25, 0.3) is 0 Å². The first kappa shape index (κ1) is 16.5. The lowest BCUT2D eigenvalue weighted by molar-refractivity contribution is -0.137. The molecule has 0 radical (unpaired) electrons. The number of nitrogens with one attached hydrogen (secondary N) is 2. The van der Waals surface area contributed by atoms with Crippen molar-refractivity contribution in [1.82, 2.24) is 5.32 Å². The molecule has 1 rings (SSSR count). The first-order chi connectivity index (χ1) is 9.75. The first-order valence-corrected chi connectivity index (χ1v) is 5.86. The number of urea groups is 1. The number of carboxylic acid groups (broad SMARTS) is 1. The van der Waals surface area contributed by atoms with E-state index in [1.165, 1.54) is 0 Å². The molecule has 0 aliphatic carbocycles. The van der Waals surface area contributed by atoms with Crippen LogP contribution >= 0.6 is 0 Å². The molecule has 0 aliphatic heterocycles. The number of carboxylic acids is 1. The van der Waals surface area contributed by atoms with E-state index in [9.17, 15) is 22.8 Å². The highest BCUT2D eigenvalue weighted by atomic mass is 19.4. The van der Waals surface area contributed by atoms with Gasteiger partial charge in [-0.3, -0.25) is 0 Å². The summed E-state index contributed by atoms with van der Waals surface area (Å²) in [6, 6.07) is 1.23. The molecule has 0 aromatic heterocycles. The molecule has 0 unspecified atom stereocenters. The fourth-order valence-corrected chi connectivity index (χ4v) is 1.46. The molecule has 0 spiro atoms. The van der Waals surface area contributed by atoms with Crippen LogP contribution in [0.5, 0.6) is 0 Å². The molecule has 2 amide bonds. The van der Waals surface area contributed by atoms with Crippen molar-refractivity contribution >= 4 is 17.7 Å². The van der Waals surface area contributed by atoms with Crippen molar-refractivity contribution < 1.29 is 27.9 Å². The zero-order chi connectivity index (χ0) is 16.0. The number of hydrogen-bond acceptors (Lipinski definition) is 2. The van der Waals surface area contributed by atoms with Crippen LogP contribution in [-0.4, -0.2) is 23.7 Å². The van der Waals surface area contributed by atoms with E-state index in [0.29, 0.717) is 18.6 Å². The zero-order valence-corrected chi connectivity index (χ0v) is 10.8. The smallest absolute Gasteiger partial charge is 0.416 e. The molecular weight excluding hydrogens is 289 g/mol. The minimum absolute atomic E-state index is 0.233. The summed E-state index contributed by atoms with van der Waals surface area (Å²) in [5.74, 6) is -1.44. The molecular formula is C13H13F3N2O3. The third kappa shape index (κ3) is 4.83. The molecule has 114 valence electrons. The summed E-state index contributed by atoms with van der Waals surface area (Å²) in [6.45, 7) is 3.68. The summed E-state index contributed by atoms with van der Waals surface area (Å²) in [5.41, 5.74) is -1.90. The van der Waals surface area contributed by atoms with Gasteiger partial charge in [-0.1, -0.05) is 6.08 Å². The van der Waals surface area contributed by atoms with Crippen LogP contribution in [0.15, 0.2) is 30.9 Å². The van der Waals surface area contributed by atoms with Gasteiger partial charge in [-0.2, -0.15) is 13.2 Å². The van der Waals surface area contributed by atoms with E-state index in [2.05, 4.69) is 17.2 Å². The largest absolute Gasteiger partial charge is 0.478 e. The number of benzene rings is 1. The molecule has 0 heterocycles. The number of anilines is 1. The van der Waals surface area contributed by atoms with E-state index >= 15 is 0 Å². The van der Waals surface area contributed by atoms with Gasteiger partial charge in [0.1, 0.15) is 0 Å². The summed E-state index contributed by atoms with van der Waals surface area (Å²) in [6.07, 6.45) is -2.61. The van der Waals surface area contributed by atoms with Crippen LogP contribution in [0, 0.1) is 0 Å². The van der Waals surface area contributed by atoms with Crippen molar-refractivity contribution in [2.45, 2.75) is 12.6 Å². The first-order valence-electron chi connectivity index (χ1n) is 5.86. The molecule has 1 aromatic carbocycles. The van der Waals surface area contributed by atoms with Crippen LogP contribution < -0.4 is 10.6 Å². The van der Waals surface area contributed by atoms with Gasteiger partial charge in [-0.05, 0) is 24.6 Å². The van der Waals surface area contributed by atoms with Crippen molar-refractivity contribution in [2.24, 2.45) is 0 Å². The van der Waals surface area contributed by atoms with Crippen molar-refractivity contribution in [3.8, 4) is 0 Å². The molecule has 5 nitrogen and oxygen atoms in total. The fraction of sp³-hybridized carbons (Fsp3) is 0.231. The topological polar surface area (TPSA) is 78.4 Å². The van der Waals surface area contributed by atoms with E-state index < -0.39 is 35.0 Å². The Bertz CT molecular complexity index is 556. The number of alkyl halides is 3. The molecule has 0 saturated heterocycles. The average Bonchev–Trinajstić information content (AvgIpc) is 2.37. The predicted octanol–water partition coefficient (Wildman–Crippen LogP) is 3.10. The maximum Gasteiger partial charge on any atom is 0.416 e. The van der Waals surface area contributed by atoms with Gasteiger partial charge in [0.05, 0.1) is 16.8 Å². The fourth-order valence-electron chi connectivity index (χ4n) is 1.46. The number of aromatic carboxylic acids is 1. The monoisotopic (exact) mass is 302 g/mol. The van der Waals surface area contributed by atoms with Gasteiger partial charge in [0.25, 0.3) is 0 Å². The predicted molar refractivity (Wildman–Crippen MR) is 70.2 cm³/mol. The van der Waals surface area contributed by atoms with Gasteiger partial charge in [0.2, 0.25) is 0 Å². The van der Waals surface area contributed by atoms with Crippen LogP contribution in [0.1, 0.15) is 22.3 Å². The van der Waals surface area contributed by atoms with Crippen LogP contribution in [0.3, 0.4) is 0 Å². The van der Waals surface area contributed by atoms with E-state index in [1.54, 1.807) is 6.08 Å². The summed E-state index contributed by atoms with van der Waals surface area (Å²) >= 11 is 0. The van der Waals surface area contributed by atoms with Gasteiger partial charge >= 0.3 is 18.2 Å². The normalized spacial score (nSPS) is 10.8. The number of carbonyl (C=O) groups is 2. The number of rotatable bonds is 5. The van der Waals surface area contributed by atoms with Gasteiger partial charge < -0.3 is 15.7 Å². The Morgan fingerprint density at radius 2 is 2.00 bits per heavy atom. The highest BCUT2D eigenvalue weighted by Gasteiger charge is 2.31.